The van der Waals surface area contributed by atoms with Gasteiger partial charge in [0.15, 0.2) is 0 Å². The zero-order valence-corrected chi connectivity index (χ0v) is 12.3. The van der Waals surface area contributed by atoms with Gasteiger partial charge in [0.1, 0.15) is 0 Å². The maximum Gasteiger partial charge on any atom is 0.0235 e. The molecule has 2 fully saturated rings. The van der Waals surface area contributed by atoms with E-state index in [1.165, 1.54) is 64.8 Å². The van der Waals surface area contributed by atoms with Crippen molar-refractivity contribution in [1.82, 2.24) is 15.1 Å². The van der Waals surface area contributed by atoms with Crippen molar-refractivity contribution in [2.24, 2.45) is 0 Å². The molecule has 2 unspecified atom stereocenters. The van der Waals surface area contributed by atoms with Gasteiger partial charge in [-0.2, -0.15) is 0 Å². The third-order valence-corrected chi connectivity index (χ3v) is 4.55. The molecule has 3 heteroatoms. The van der Waals surface area contributed by atoms with Crippen LogP contribution in [0, 0.1) is 0 Å². The topological polar surface area (TPSA) is 18.5 Å². The molecule has 2 heterocycles. The second-order valence-corrected chi connectivity index (χ2v) is 6.13. The average molecular weight is 253 g/mol. The standard InChI is InChI=1S/C15H31N3/c1-3-6-14(2)16-8-12-17-11-7-15(13-17)18-9-4-5-10-18/h14-16H,3-13H2,1-2H3. The van der Waals surface area contributed by atoms with Crippen LogP contribution in [-0.2, 0) is 0 Å². The van der Waals surface area contributed by atoms with Crippen molar-refractivity contribution < 1.29 is 0 Å². The molecule has 0 radical (unpaired) electrons. The van der Waals surface area contributed by atoms with Gasteiger partial charge in [-0.3, -0.25) is 4.90 Å². The first kappa shape index (κ1) is 14.3. The summed E-state index contributed by atoms with van der Waals surface area (Å²) in [5.74, 6) is 0. The van der Waals surface area contributed by atoms with E-state index in [0.29, 0.717) is 6.04 Å². The molecule has 0 aliphatic carbocycles. The molecule has 0 aromatic heterocycles. The van der Waals surface area contributed by atoms with Crippen molar-refractivity contribution in [1.29, 1.82) is 0 Å². The summed E-state index contributed by atoms with van der Waals surface area (Å²) in [4.78, 5) is 5.36. The minimum atomic E-state index is 0.687. The molecule has 0 saturated carbocycles. The zero-order valence-electron chi connectivity index (χ0n) is 12.3. The summed E-state index contributed by atoms with van der Waals surface area (Å²) >= 11 is 0. The van der Waals surface area contributed by atoms with Crippen LogP contribution in [-0.4, -0.2) is 61.2 Å². The Labute approximate surface area is 113 Å². The highest BCUT2D eigenvalue weighted by atomic mass is 15.3. The number of rotatable bonds is 7. The summed E-state index contributed by atoms with van der Waals surface area (Å²) in [5.41, 5.74) is 0. The molecular weight excluding hydrogens is 222 g/mol. The fraction of sp³-hybridized carbons (Fsp3) is 1.00. The van der Waals surface area contributed by atoms with E-state index in [9.17, 15) is 0 Å². The van der Waals surface area contributed by atoms with Crippen LogP contribution in [0.25, 0.3) is 0 Å². The third kappa shape index (κ3) is 4.22. The predicted molar refractivity (Wildman–Crippen MR) is 78.0 cm³/mol. The van der Waals surface area contributed by atoms with Crippen molar-refractivity contribution in [3.05, 3.63) is 0 Å². The SMILES string of the molecule is CCCC(C)NCCN1CCC(N2CCCC2)C1. The summed E-state index contributed by atoms with van der Waals surface area (Å²) < 4.78 is 0. The zero-order chi connectivity index (χ0) is 12.8. The quantitative estimate of drug-likeness (QED) is 0.748. The van der Waals surface area contributed by atoms with Gasteiger partial charge in [-0.1, -0.05) is 13.3 Å². The summed E-state index contributed by atoms with van der Waals surface area (Å²) in [6.45, 7) is 12.3. The normalized spacial score (nSPS) is 28.0. The van der Waals surface area contributed by atoms with Gasteiger partial charge in [-0.25, -0.2) is 0 Å². The first-order valence-electron chi connectivity index (χ1n) is 7.99. The fourth-order valence-electron chi connectivity index (χ4n) is 3.42. The number of hydrogen-bond donors (Lipinski definition) is 1. The van der Waals surface area contributed by atoms with E-state index in [2.05, 4.69) is 29.0 Å². The molecule has 2 atom stereocenters. The van der Waals surface area contributed by atoms with Crippen LogP contribution < -0.4 is 5.32 Å². The van der Waals surface area contributed by atoms with Gasteiger partial charge >= 0.3 is 0 Å². The Bertz CT molecular complexity index is 226. The predicted octanol–water partition coefficient (Wildman–Crippen LogP) is 1.93. The second kappa shape index (κ2) is 7.46. The molecule has 106 valence electrons. The van der Waals surface area contributed by atoms with Crippen molar-refractivity contribution >= 4 is 0 Å². The Morgan fingerprint density at radius 1 is 1.22 bits per heavy atom. The van der Waals surface area contributed by atoms with Crippen molar-refractivity contribution in [3.63, 3.8) is 0 Å². The highest BCUT2D eigenvalue weighted by Gasteiger charge is 2.28. The van der Waals surface area contributed by atoms with Crippen LogP contribution >= 0.6 is 0 Å². The molecule has 0 bridgehead atoms. The average Bonchev–Trinajstić information content (AvgIpc) is 2.99. The van der Waals surface area contributed by atoms with Crippen LogP contribution in [0.2, 0.25) is 0 Å². The van der Waals surface area contributed by atoms with Gasteiger partial charge in [0.05, 0.1) is 0 Å². The van der Waals surface area contributed by atoms with Crippen LogP contribution in [0.5, 0.6) is 0 Å². The number of likely N-dealkylation sites (tertiary alicyclic amines) is 2. The minimum Gasteiger partial charge on any atom is -0.313 e. The van der Waals surface area contributed by atoms with E-state index in [0.717, 1.165) is 12.6 Å². The molecular formula is C15H31N3. The van der Waals surface area contributed by atoms with E-state index in [4.69, 9.17) is 0 Å². The van der Waals surface area contributed by atoms with E-state index in [-0.39, 0.29) is 0 Å². The molecule has 2 aliphatic rings. The van der Waals surface area contributed by atoms with E-state index in [1.807, 2.05) is 0 Å². The highest BCUT2D eigenvalue weighted by molar-refractivity contribution is 4.85. The Morgan fingerprint density at radius 2 is 2.00 bits per heavy atom. The fourth-order valence-corrected chi connectivity index (χ4v) is 3.42. The molecule has 2 saturated heterocycles. The maximum atomic E-state index is 3.64. The van der Waals surface area contributed by atoms with E-state index in [1.54, 1.807) is 0 Å². The Hall–Kier alpha value is -0.120. The van der Waals surface area contributed by atoms with E-state index >= 15 is 0 Å². The van der Waals surface area contributed by atoms with Crippen LogP contribution in [0.4, 0.5) is 0 Å². The molecule has 18 heavy (non-hydrogen) atoms. The smallest absolute Gasteiger partial charge is 0.0235 e. The summed E-state index contributed by atoms with van der Waals surface area (Å²) in [5, 5.41) is 3.64. The Morgan fingerprint density at radius 3 is 2.72 bits per heavy atom. The van der Waals surface area contributed by atoms with Gasteiger partial charge in [0.2, 0.25) is 0 Å². The monoisotopic (exact) mass is 253 g/mol. The summed E-state index contributed by atoms with van der Waals surface area (Å²) in [7, 11) is 0. The summed E-state index contributed by atoms with van der Waals surface area (Å²) in [6, 6.07) is 1.55. The first-order chi connectivity index (χ1) is 8.79. The van der Waals surface area contributed by atoms with Crippen molar-refractivity contribution in [2.75, 3.05) is 39.3 Å². The third-order valence-electron chi connectivity index (χ3n) is 4.55. The number of hydrogen-bond acceptors (Lipinski definition) is 3. The molecule has 0 aromatic rings. The first-order valence-corrected chi connectivity index (χ1v) is 7.99. The highest BCUT2D eigenvalue weighted by Crippen LogP contribution is 2.19. The lowest BCUT2D eigenvalue weighted by Crippen LogP contribution is -2.38. The molecule has 0 amide bonds. The lowest BCUT2D eigenvalue weighted by Gasteiger charge is -2.24. The summed E-state index contributed by atoms with van der Waals surface area (Å²) in [6.07, 6.45) is 6.83. The molecule has 1 N–H and O–H groups in total. The maximum absolute atomic E-state index is 3.64. The molecule has 3 nitrogen and oxygen atoms in total. The van der Waals surface area contributed by atoms with Gasteiger partial charge < -0.3 is 10.2 Å². The minimum absolute atomic E-state index is 0.687. The lowest BCUT2D eigenvalue weighted by molar-refractivity contribution is 0.231. The molecule has 0 aromatic carbocycles. The van der Waals surface area contributed by atoms with Crippen LogP contribution in [0.3, 0.4) is 0 Å². The Balaban J connectivity index is 1.58. The number of nitrogens with zero attached hydrogens (tertiary/aromatic N) is 2. The molecule has 2 aliphatic heterocycles. The van der Waals surface area contributed by atoms with Crippen LogP contribution in [0.1, 0.15) is 46.0 Å². The molecule has 2 rings (SSSR count). The molecule has 0 spiro atoms. The van der Waals surface area contributed by atoms with E-state index < -0.39 is 0 Å². The second-order valence-electron chi connectivity index (χ2n) is 6.13. The lowest BCUT2D eigenvalue weighted by atomic mass is 10.2. The van der Waals surface area contributed by atoms with Crippen molar-refractivity contribution in [2.45, 2.75) is 58.0 Å². The van der Waals surface area contributed by atoms with Crippen molar-refractivity contribution in [3.8, 4) is 0 Å². The van der Waals surface area contributed by atoms with Gasteiger partial charge in [-0.15, -0.1) is 0 Å². The largest absolute Gasteiger partial charge is 0.313 e. The Kier molecular flexibility index (Phi) is 5.93. The van der Waals surface area contributed by atoms with Gasteiger partial charge in [-0.05, 0) is 52.2 Å². The van der Waals surface area contributed by atoms with Gasteiger partial charge in [0, 0.05) is 31.7 Å². The van der Waals surface area contributed by atoms with Crippen LogP contribution in [0.15, 0.2) is 0 Å². The van der Waals surface area contributed by atoms with Gasteiger partial charge in [0.25, 0.3) is 0 Å². The number of nitrogens with one attached hydrogen (secondary N) is 1.